The molecule has 0 aliphatic carbocycles. The van der Waals surface area contributed by atoms with Gasteiger partial charge in [-0.25, -0.2) is 0 Å². The van der Waals surface area contributed by atoms with Gasteiger partial charge < -0.3 is 14.0 Å². The molecule has 0 radical (unpaired) electrons. The lowest BCUT2D eigenvalue weighted by Gasteiger charge is -2.36. The molecule has 31 heavy (non-hydrogen) atoms. The van der Waals surface area contributed by atoms with E-state index < -0.39 is 0 Å². The van der Waals surface area contributed by atoms with E-state index in [-0.39, 0.29) is 5.97 Å². The highest BCUT2D eigenvalue weighted by atomic mass is 16.6. The van der Waals surface area contributed by atoms with Crippen molar-refractivity contribution in [3.05, 3.63) is 0 Å². The largest absolute Gasteiger partial charge is 0.463 e. The molecular formula is C27H56NO3+. The minimum Gasteiger partial charge on any atom is -0.463 e. The first-order valence-corrected chi connectivity index (χ1v) is 13.7. The Morgan fingerprint density at radius 2 is 1.10 bits per heavy atom. The Morgan fingerprint density at radius 3 is 1.58 bits per heavy atom. The molecule has 0 aromatic rings. The van der Waals surface area contributed by atoms with Crippen molar-refractivity contribution in [2.24, 2.45) is 0 Å². The molecule has 0 saturated heterocycles. The second-order valence-corrected chi connectivity index (χ2v) is 9.25. The normalized spacial score (nSPS) is 11.7. The number of likely N-dealkylation sites (N-methyl/N-ethyl adjacent to an activating group) is 1. The zero-order valence-corrected chi connectivity index (χ0v) is 21.7. The van der Waals surface area contributed by atoms with Crippen LogP contribution < -0.4 is 0 Å². The minimum atomic E-state index is -0.0649. The molecule has 0 aliphatic heterocycles. The SMILES string of the molecule is CCCCCCCCCCCCCCCC(=O)OCCOCC[N+](CC)(CC)CCC. The first kappa shape index (κ1) is 30.4. The zero-order chi connectivity index (χ0) is 23.0. The molecule has 0 rings (SSSR count). The Balaban J connectivity index is 3.40. The van der Waals surface area contributed by atoms with Gasteiger partial charge in [0.2, 0.25) is 0 Å². The molecule has 0 aromatic heterocycles. The number of hydrogen-bond donors (Lipinski definition) is 0. The van der Waals surface area contributed by atoms with Crippen molar-refractivity contribution in [3.63, 3.8) is 0 Å². The van der Waals surface area contributed by atoms with Crippen molar-refractivity contribution in [2.45, 2.75) is 124 Å². The van der Waals surface area contributed by atoms with Crippen LogP contribution in [0.1, 0.15) is 124 Å². The van der Waals surface area contributed by atoms with Crippen LogP contribution in [0.25, 0.3) is 0 Å². The monoisotopic (exact) mass is 442 g/mol. The minimum absolute atomic E-state index is 0.0649. The fraction of sp³-hybridized carbons (Fsp3) is 0.963. The number of rotatable bonds is 24. The number of esters is 1. The number of carbonyl (C=O) groups excluding carboxylic acids is 1. The molecule has 0 aliphatic rings. The van der Waals surface area contributed by atoms with Gasteiger partial charge in [-0.15, -0.1) is 0 Å². The Morgan fingerprint density at radius 1 is 0.581 bits per heavy atom. The third kappa shape index (κ3) is 18.6. The summed E-state index contributed by atoms with van der Waals surface area (Å²) in [5, 5.41) is 0. The van der Waals surface area contributed by atoms with E-state index in [0.717, 1.165) is 43.6 Å². The first-order valence-electron chi connectivity index (χ1n) is 13.7. The first-order chi connectivity index (χ1) is 15.1. The van der Waals surface area contributed by atoms with Crippen LogP contribution in [-0.4, -0.2) is 56.5 Å². The van der Waals surface area contributed by atoms with E-state index in [1.165, 1.54) is 83.6 Å². The summed E-state index contributed by atoms with van der Waals surface area (Å²) in [5.74, 6) is -0.0649. The van der Waals surface area contributed by atoms with Crippen LogP contribution in [0.15, 0.2) is 0 Å². The average molecular weight is 443 g/mol. The number of unbranched alkanes of at least 4 members (excludes halogenated alkanes) is 12. The Bertz CT molecular complexity index is 383. The quantitative estimate of drug-likeness (QED) is 0.0894. The second-order valence-electron chi connectivity index (χ2n) is 9.25. The second kappa shape index (κ2) is 22.6. The van der Waals surface area contributed by atoms with Crippen LogP contribution in [0.5, 0.6) is 0 Å². The van der Waals surface area contributed by atoms with Crippen molar-refractivity contribution in [1.82, 2.24) is 0 Å². The Hall–Kier alpha value is -0.610. The summed E-state index contributed by atoms with van der Waals surface area (Å²) in [7, 11) is 0. The van der Waals surface area contributed by atoms with Crippen LogP contribution in [-0.2, 0) is 14.3 Å². The highest BCUT2D eigenvalue weighted by Crippen LogP contribution is 2.13. The number of hydrogen-bond acceptors (Lipinski definition) is 3. The van der Waals surface area contributed by atoms with Crippen molar-refractivity contribution in [3.8, 4) is 0 Å². The molecule has 0 bridgehead atoms. The third-order valence-corrected chi connectivity index (χ3v) is 6.72. The maximum atomic E-state index is 11.8. The molecule has 0 atom stereocenters. The molecule has 4 nitrogen and oxygen atoms in total. The predicted octanol–water partition coefficient (Wildman–Crippen LogP) is 7.29. The van der Waals surface area contributed by atoms with Crippen LogP contribution in [0, 0.1) is 0 Å². The molecule has 4 heteroatoms. The topological polar surface area (TPSA) is 35.5 Å². The molecule has 0 N–H and O–H groups in total. The lowest BCUT2D eigenvalue weighted by Crippen LogP contribution is -2.50. The molecule has 0 heterocycles. The van der Waals surface area contributed by atoms with Crippen molar-refractivity contribution in [2.75, 3.05) is 46.0 Å². The van der Waals surface area contributed by atoms with E-state index >= 15 is 0 Å². The summed E-state index contributed by atoms with van der Waals surface area (Å²) >= 11 is 0. The summed E-state index contributed by atoms with van der Waals surface area (Å²) in [6.07, 6.45) is 19.0. The van der Waals surface area contributed by atoms with Crippen LogP contribution in [0.4, 0.5) is 0 Å². The smallest absolute Gasteiger partial charge is 0.305 e. The summed E-state index contributed by atoms with van der Waals surface area (Å²) in [6, 6.07) is 0. The van der Waals surface area contributed by atoms with Gasteiger partial charge in [0.15, 0.2) is 0 Å². The number of nitrogens with zero attached hydrogens (tertiary/aromatic N) is 1. The van der Waals surface area contributed by atoms with Gasteiger partial charge in [-0.3, -0.25) is 4.79 Å². The van der Waals surface area contributed by atoms with E-state index in [2.05, 4.69) is 27.7 Å². The molecule has 0 spiro atoms. The molecule has 0 unspecified atom stereocenters. The van der Waals surface area contributed by atoms with Crippen molar-refractivity contribution < 1.29 is 18.8 Å². The van der Waals surface area contributed by atoms with E-state index in [0.29, 0.717) is 19.6 Å². The van der Waals surface area contributed by atoms with Gasteiger partial charge in [-0.1, -0.05) is 90.9 Å². The molecule has 0 saturated carbocycles. The van der Waals surface area contributed by atoms with E-state index in [1.807, 2.05) is 0 Å². The molecule has 0 amide bonds. The molecule has 186 valence electrons. The van der Waals surface area contributed by atoms with Crippen molar-refractivity contribution in [1.29, 1.82) is 0 Å². The fourth-order valence-electron chi connectivity index (χ4n) is 4.38. The fourth-order valence-corrected chi connectivity index (χ4v) is 4.38. The molecule has 0 fully saturated rings. The maximum Gasteiger partial charge on any atom is 0.305 e. The molecular weight excluding hydrogens is 386 g/mol. The standard InChI is InChI=1S/C27H56NO3/c1-5-9-10-11-12-13-14-15-16-17-18-19-20-21-27(29)31-26-25-30-24-23-28(7-3,8-4)22-6-2/h5-26H2,1-4H3/q+1. The van der Waals surface area contributed by atoms with Crippen molar-refractivity contribution >= 4 is 5.97 Å². The summed E-state index contributed by atoms with van der Waals surface area (Å²) in [6.45, 7) is 15.3. The van der Waals surface area contributed by atoms with Crippen LogP contribution >= 0.6 is 0 Å². The van der Waals surface area contributed by atoms with E-state index in [1.54, 1.807) is 0 Å². The van der Waals surface area contributed by atoms with Gasteiger partial charge in [0, 0.05) is 6.42 Å². The summed E-state index contributed by atoms with van der Waals surface area (Å²) in [5.41, 5.74) is 0. The third-order valence-electron chi connectivity index (χ3n) is 6.72. The van der Waals surface area contributed by atoms with E-state index in [4.69, 9.17) is 9.47 Å². The number of carbonyl (C=O) groups is 1. The van der Waals surface area contributed by atoms with Gasteiger partial charge in [-0.05, 0) is 26.7 Å². The summed E-state index contributed by atoms with van der Waals surface area (Å²) in [4.78, 5) is 11.8. The lowest BCUT2D eigenvalue weighted by atomic mass is 10.0. The Kier molecular flexibility index (Phi) is 22.1. The van der Waals surface area contributed by atoms with E-state index in [9.17, 15) is 4.79 Å². The maximum absolute atomic E-state index is 11.8. The van der Waals surface area contributed by atoms with Gasteiger partial charge in [0.1, 0.15) is 13.2 Å². The van der Waals surface area contributed by atoms with Crippen LogP contribution in [0.2, 0.25) is 0 Å². The lowest BCUT2D eigenvalue weighted by molar-refractivity contribution is -0.925. The van der Waals surface area contributed by atoms with Gasteiger partial charge >= 0.3 is 5.97 Å². The number of quaternary nitrogens is 1. The zero-order valence-electron chi connectivity index (χ0n) is 21.7. The number of ether oxygens (including phenoxy) is 2. The highest BCUT2D eigenvalue weighted by molar-refractivity contribution is 5.69. The Labute approximate surface area is 195 Å². The highest BCUT2D eigenvalue weighted by Gasteiger charge is 2.21. The predicted molar refractivity (Wildman–Crippen MR) is 133 cm³/mol. The average Bonchev–Trinajstić information content (AvgIpc) is 2.78. The summed E-state index contributed by atoms with van der Waals surface area (Å²) < 4.78 is 12.2. The van der Waals surface area contributed by atoms with Gasteiger partial charge in [0.25, 0.3) is 0 Å². The van der Waals surface area contributed by atoms with Gasteiger partial charge in [-0.2, -0.15) is 0 Å². The van der Waals surface area contributed by atoms with Gasteiger partial charge in [0.05, 0.1) is 32.8 Å². The molecule has 0 aromatic carbocycles. The van der Waals surface area contributed by atoms with Crippen LogP contribution in [0.3, 0.4) is 0 Å².